The molecule has 0 heterocycles. The molecule has 0 radical (unpaired) electrons. The second kappa shape index (κ2) is 4.33. The molecule has 18 heavy (non-hydrogen) atoms. The minimum atomic E-state index is -3.21. The van der Waals surface area contributed by atoms with E-state index in [0.29, 0.717) is 0 Å². The van der Waals surface area contributed by atoms with Crippen molar-refractivity contribution in [3.05, 3.63) is 35.4 Å². The molecule has 5 heteroatoms. The summed E-state index contributed by atoms with van der Waals surface area (Å²) in [5, 5.41) is 8.97. The van der Waals surface area contributed by atoms with E-state index < -0.39 is 20.5 Å². The number of aryl methyl sites for hydroxylation is 1. The number of aliphatic hydroxyl groups is 1. The maximum Gasteiger partial charge on any atom is 0.151 e. The van der Waals surface area contributed by atoms with Crippen molar-refractivity contribution in [3.63, 3.8) is 0 Å². The largest absolute Gasteiger partial charge is 0.396 e. The molecular formula is C13H19NO3S. The first-order valence-corrected chi connectivity index (χ1v) is 7.88. The van der Waals surface area contributed by atoms with E-state index in [2.05, 4.69) is 0 Å². The zero-order chi connectivity index (χ0) is 13.6. The highest BCUT2D eigenvalue weighted by atomic mass is 32.2. The van der Waals surface area contributed by atoms with Crippen LogP contribution in [0.25, 0.3) is 0 Å². The Kier molecular flexibility index (Phi) is 3.25. The molecule has 2 rings (SSSR count). The lowest BCUT2D eigenvalue weighted by molar-refractivity contribution is 0.212. The van der Waals surface area contributed by atoms with Crippen LogP contribution in [0.4, 0.5) is 0 Å². The first-order chi connectivity index (χ1) is 8.36. The summed E-state index contributed by atoms with van der Waals surface area (Å²) < 4.78 is 23.6. The SMILES string of the molecule is Cc1ccc([C@H]2[C@@H](S(C)(=O)=O)[C@@]2(CN)CO)cc1. The summed E-state index contributed by atoms with van der Waals surface area (Å²) in [5.74, 6) is -0.192. The smallest absolute Gasteiger partial charge is 0.151 e. The molecule has 0 aromatic heterocycles. The summed E-state index contributed by atoms with van der Waals surface area (Å²) in [6.45, 7) is 1.96. The molecule has 0 spiro atoms. The lowest BCUT2D eigenvalue weighted by Crippen LogP contribution is -2.27. The average Bonchev–Trinajstić information content (AvgIpc) is 3.00. The van der Waals surface area contributed by atoms with Gasteiger partial charge in [0.05, 0.1) is 11.9 Å². The fourth-order valence-corrected chi connectivity index (χ4v) is 4.92. The van der Waals surface area contributed by atoms with E-state index in [0.717, 1.165) is 11.1 Å². The van der Waals surface area contributed by atoms with Gasteiger partial charge in [0.1, 0.15) is 0 Å². The minimum Gasteiger partial charge on any atom is -0.396 e. The first-order valence-electron chi connectivity index (χ1n) is 5.93. The fraction of sp³-hybridized carbons (Fsp3) is 0.538. The van der Waals surface area contributed by atoms with Gasteiger partial charge in [-0.3, -0.25) is 0 Å². The topological polar surface area (TPSA) is 80.4 Å². The number of benzene rings is 1. The maximum atomic E-state index is 11.8. The standard InChI is InChI=1S/C13H19NO3S/c1-9-3-5-10(6-4-9)11-12(18(2,16)17)13(11,7-14)8-15/h3-6,11-12,15H,7-8,14H2,1-2H3/t11-,12+,13-/m0/s1. The molecular weight excluding hydrogens is 250 g/mol. The Bertz CT molecular complexity index is 532. The molecule has 1 aliphatic rings. The quantitative estimate of drug-likeness (QED) is 0.831. The molecule has 1 fully saturated rings. The molecule has 3 atom stereocenters. The van der Waals surface area contributed by atoms with Crippen LogP contribution in [-0.4, -0.2) is 38.2 Å². The molecule has 3 N–H and O–H groups in total. The van der Waals surface area contributed by atoms with Crippen LogP contribution in [0.3, 0.4) is 0 Å². The van der Waals surface area contributed by atoms with Gasteiger partial charge in [-0.15, -0.1) is 0 Å². The van der Waals surface area contributed by atoms with Gasteiger partial charge < -0.3 is 10.8 Å². The summed E-state index contributed by atoms with van der Waals surface area (Å²) in [6.07, 6.45) is 1.21. The van der Waals surface area contributed by atoms with Crippen molar-refractivity contribution in [1.29, 1.82) is 0 Å². The summed E-state index contributed by atoms with van der Waals surface area (Å²) >= 11 is 0. The summed E-state index contributed by atoms with van der Waals surface area (Å²) in [4.78, 5) is 0. The highest BCUT2D eigenvalue weighted by molar-refractivity contribution is 7.91. The lowest BCUT2D eigenvalue weighted by atomic mass is 9.99. The Morgan fingerprint density at radius 2 is 1.89 bits per heavy atom. The van der Waals surface area contributed by atoms with E-state index in [1.165, 1.54) is 6.26 Å². The third-order valence-electron chi connectivity index (χ3n) is 3.95. The van der Waals surface area contributed by atoms with Gasteiger partial charge in [-0.05, 0) is 12.5 Å². The van der Waals surface area contributed by atoms with Crippen molar-refractivity contribution in [3.8, 4) is 0 Å². The van der Waals surface area contributed by atoms with Gasteiger partial charge in [-0.1, -0.05) is 29.8 Å². The second-order valence-electron chi connectivity index (χ2n) is 5.23. The van der Waals surface area contributed by atoms with Crippen LogP contribution >= 0.6 is 0 Å². The highest BCUT2D eigenvalue weighted by Gasteiger charge is 2.68. The minimum absolute atomic E-state index is 0.180. The predicted molar refractivity (Wildman–Crippen MR) is 71.1 cm³/mol. The monoisotopic (exact) mass is 269 g/mol. The lowest BCUT2D eigenvalue weighted by Gasteiger charge is -2.11. The number of aliphatic hydroxyl groups excluding tert-OH is 1. The number of hydrogen-bond acceptors (Lipinski definition) is 4. The Balaban J connectivity index is 2.41. The third kappa shape index (κ3) is 1.96. The predicted octanol–water partition coefficient (Wildman–Crippen LogP) is 0.443. The van der Waals surface area contributed by atoms with Gasteiger partial charge in [-0.2, -0.15) is 0 Å². The molecule has 100 valence electrons. The zero-order valence-electron chi connectivity index (χ0n) is 10.6. The Labute approximate surface area is 108 Å². The highest BCUT2D eigenvalue weighted by Crippen LogP contribution is 2.61. The van der Waals surface area contributed by atoms with Crippen LogP contribution in [0.15, 0.2) is 24.3 Å². The van der Waals surface area contributed by atoms with Gasteiger partial charge in [0.25, 0.3) is 0 Å². The van der Waals surface area contributed by atoms with Crippen LogP contribution in [0.5, 0.6) is 0 Å². The molecule has 0 aliphatic heterocycles. The fourth-order valence-electron chi connectivity index (χ4n) is 2.90. The van der Waals surface area contributed by atoms with Crippen LogP contribution in [0.2, 0.25) is 0 Å². The molecule has 1 aromatic rings. The Hall–Kier alpha value is -0.910. The second-order valence-corrected chi connectivity index (χ2v) is 7.40. The van der Waals surface area contributed by atoms with Crippen LogP contribution in [0, 0.1) is 12.3 Å². The average molecular weight is 269 g/mol. The molecule has 0 unspecified atom stereocenters. The van der Waals surface area contributed by atoms with E-state index in [1.807, 2.05) is 31.2 Å². The van der Waals surface area contributed by atoms with E-state index in [1.54, 1.807) is 0 Å². The number of rotatable bonds is 4. The summed E-state index contributed by atoms with van der Waals surface area (Å²) in [5.41, 5.74) is 7.06. The number of nitrogens with two attached hydrogens (primary N) is 1. The molecule has 1 aromatic carbocycles. The van der Waals surface area contributed by atoms with E-state index in [4.69, 9.17) is 5.73 Å². The van der Waals surface area contributed by atoms with Crippen molar-refractivity contribution in [2.24, 2.45) is 11.1 Å². The van der Waals surface area contributed by atoms with Gasteiger partial charge in [0.15, 0.2) is 9.84 Å². The Morgan fingerprint density at radius 3 is 2.22 bits per heavy atom. The van der Waals surface area contributed by atoms with Crippen molar-refractivity contribution in [2.45, 2.75) is 18.1 Å². The zero-order valence-corrected chi connectivity index (χ0v) is 11.4. The molecule has 1 aliphatic carbocycles. The molecule has 0 bridgehead atoms. The van der Waals surface area contributed by atoms with Gasteiger partial charge >= 0.3 is 0 Å². The number of sulfone groups is 1. The van der Waals surface area contributed by atoms with Crippen LogP contribution in [0.1, 0.15) is 17.0 Å². The van der Waals surface area contributed by atoms with Crippen molar-refractivity contribution < 1.29 is 13.5 Å². The van der Waals surface area contributed by atoms with Crippen LogP contribution < -0.4 is 5.73 Å². The van der Waals surface area contributed by atoms with Gasteiger partial charge in [-0.25, -0.2) is 8.42 Å². The summed E-state index contributed by atoms with van der Waals surface area (Å²) in [6, 6.07) is 7.74. The van der Waals surface area contributed by atoms with Crippen LogP contribution in [-0.2, 0) is 9.84 Å². The first kappa shape index (κ1) is 13.5. The Morgan fingerprint density at radius 1 is 1.33 bits per heavy atom. The molecule has 4 nitrogen and oxygen atoms in total. The third-order valence-corrected chi connectivity index (χ3v) is 5.62. The molecule has 0 saturated heterocycles. The normalized spacial score (nSPS) is 31.3. The van der Waals surface area contributed by atoms with Gasteiger partial charge in [0, 0.05) is 24.1 Å². The summed E-state index contributed by atoms with van der Waals surface area (Å²) in [7, 11) is -3.21. The maximum absolute atomic E-state index is 11.8. The van der Waals surface area contributed by atoms with Crippen molar-refractivity contribution in [1.82, 2.24) is 0 Å². The van der Waals surface area contributed by atoms with Crippen molar-refractivity contribution in [2.75, 3.05) is 19.4 Å². The van der Waals surface area contributed by atoms with E-state index in [9.17, 15) is 13.5 Å². The van der Waals surface area contributed by atoms with Gasteiger partial charge in [0.2, 0.25) is 0 Å². The van der Waals surface area contributed by atoms with E-state index in [-0.39, 0.29) is 19.1 Å². The molecule has 1 saturated carbocycles. The number of hydrogen-bond donors (Lipinski definition) is 2. The molecule has 0 amide bonds. The van der Waals surface area contributed by atoms with E-state index >= 15 is 0 Å². The van der Waals surface area contributed by atoms with Crippen molar-refractivity contribution >= 4 is 9.84 Å².